The summed E-state index contributed by atoms with van der Waals surface area (Å²) >= 11 is 0. The fourth-order valence-electron chi connectivity index (χ4n) is 3.73. The number of pyridine rings is 1. The molecule has 1 aliphatic heterocycles. The first kappa shape index (κ1) is 20.9. The average molecular weight is 394 g/mol. The Labute approximate surface area is 173 Å². The third kappa shape index (κ3) is 5.84. The Morgan fingerprint density at radius 3 is 2.83 bits per heavy atom. The molecule has 29 heavy (non-hydrogen) atoms. The number of aryl methyl sites for hydroxylation is 2. The topological polar surface area (TPSA) is 89.8 Å². The van der Waals surface area contributed by atoms with E-state index < -0.39 is 0 Å². The van der Waals surface area contributed by atoms with Gasteiger partial charge in [-0.2, -0.15) is 0 Å². The zero-order valence-corrected chi connectivity index (χ0v) is 17.8. The van der Waals surface area contributed by atoms with Gasteiger partial charge in [-0.05, 0) is 57.9 Å². The van der Waals surface area contributed by atoms with Crippen LogP contribution in [0.2, 0.25) is 0 Å². The molecule has 0 saturated carbocycles. The van der Waals surface area contributed by atoms with E-state index in [9.17, 15) is 0 Å². The molecule has 0 aliphatic carbocycles. The van der Waals surface area contributed by atoms with Crippen molar-refractivity contribution >= 4 is 17.3 Å². The summed E-state index contributed by atoms with van der Waals surface area (Å²) in [5.74, 6) is 2.70. The number of piperidine rings is 1. The van der Waals surface area contributed by atoms with E-state index in [1.165, 1.54) is 0 Å². The Hall–Kier alpha value is -2.80. The number of rotatable bonds is 7. The van der Waals surface area contributed by atoms with Crippen molar-refractivity contribution in [2.45, 2.75) is 39.5 Å². The van der Waals surface area contributed by atoms with E-state index in [2.05, 4.69) is 31.6 Å². The maximum Gasteiger partial charge on any atom is 0.135 e. The molecule has 0 radical (unpaired) electrons. The molecular weight excluding hydrogens is 362 g/mol. The second kappa shape index (κ2) is 9.60. The van der Waals surface area contributed by atoms with Crippen molar-refractivity contribution in [1.82, 2.24) is 25.2 Å². The summed E-state index contributed by atoms with van der Waals surface area (Å²) in [5, 5.41) is 14.4. The molecule has 2 aromatic rings. The van der Waals surface area contributed by atoms with Crippen LogP contribution < -0.4 is 10.6 Å². The van der Waals surface area contributed by atoms with Gasteiger partial charge in [0.1, 0.15) is 17.5 Å². The third-order valence-corrected chi connectivity index (χ3v) is 5.15. The minimum Gasteiger partial charge on any atom is -0.394 e. The summed E-state index contributed by atoms with van der Waals surface area (Å²) < 4.78 is 0. The van der Waals surface area contributed by atoms with Gasteiger partial charge >= 0.3 is 0 Å². The first-order valence-corrected chi connectivity index (χ1v) is 10.1. The fraction of sp³-hybridized carbons (Fsp3) is 0.455. The number of nitrogens with zero attached hydrogens (tertiary/aromatic N) is 4. The molecule has 1 saturated heterocycles. The van der Waals surface area contributed by atoms with Crippen molar-refractivity contribution < 1.29 is 0 Å². The van der Waals surface area contributed by atoms with Crippen LogP contribution >= 0.6 is 0 Å². The number of anilines is 2. The van der Waals surface area contributed by atoms with Crippen LogP contribution in [0.4, 0.5) is 11.6 Å². The van der Waals surface area contributed by atoms with Crippen molar-refractivity contribution in [2.24, 2.45) is 0 Å². The van der Waals surface area contributed by atoms with Gasteiger partial charge in [0, 0.05) is 55.8 Å². The van der Waals surface area contributed by atoms with Gasteiger partial charge in [-0.15, -0.1) is 0 Å². The Balaban J connectivity index is 1.74. The van der Waals surface area contributed by atoms with Crippen LogP contribution in [-0.4, -0.2) is 52.2 Å². The van der Waals surface area contributed by atoms with E-state index in [1.807, 2.05) is 46.2 Å². The predicted octanol–water partition coefficient (Wildman–Crippen LogP) is 3.55. The molecule has 0 spiro atoms. The van der Waals surface area contributed by atoms with Crippen LogP contribution in [0, 0.1) is 19.3 Å². The van der Waals surface area contributed by atoms with E-state index in [-0.39, 0.29) is 0 Å². The molecule has 3 heterocycles. The lowest BCUT2D eigenvalue weighted by Crippen LogP contribution is -2.37. The quantitative estimate of drug-likeness (QED) is 0.623. The average Bonchev–Trinajstić information content (AvgIpc) is 2.67. The largest absolute Gasteiger partial charge is 0.394 e. The molecule has 1 fully saturated rings. The van der Waals surface area contributed by atoms with Crippen LogP contribution in [0.5, 0.6) is 0 Å². The van der Waals surface area contributed by atoms with E-state index in [1.54, 1.807) is 6.20 Å². The van der Waals surface area contributed by atoms with Gasteiger partial charge < -0.3 is 16.0 Å². The maximum absolute atomic E-state index is 8.00. The lowest BCUT2D eigenvalue weighted by Gasteiger charge is -2.33. The number of hydrogen-bond donors (Lipinski definition) is 3. The molecule has 1 unspecified atom stereocenters. The highest BCUT2D eigenvalue weighted by Crippen LogP contribution is 2.28. The molecule has 7 nitrogen and oxygen atoms in total. The molecule has 0 amide bonds. The summed E-state index contributed by atoms with van der Waals surface area (Å²) in [6.07, 6.45) is 5.97. The second-order valence-corrected chi connectivity index (χ2v) is 7.73. The summed E-state index contributed by atoms with van der Waals surface area (Å²) in [4.78, 5) is 16.1. The van der Waals surface area contributed by atoms with Crippen LogP contribution in [0.1, 0.15) is 42.8 Å². The van der Waals surface area contributed by atoms with Gasteiger partial charge in [0.2, 0.25) is 0 Å². The number of likely N-dealkylation sites (tertiary alicyclic amines) is 1. The van der Waals surface area contributed by atoms with Crippen molar-refractivity contribution in [1.29, 1.82) is 5.41 Å². The number of aromatic nitrogens is 3. The summed E-state index contributed by atoms with van der Waals surface area (Å²) in [6.45, 7) is 8.60. The summed E-state index contributed by atoms with van der Waals surface area (Å²) in [6, 6.07) is 6.04. The minimum atomic E-state index is 0.360. The van der Waals surface area contributed by atoms with Gasteiger partial charge in [-0.1, -0.05) is 0 Å². The monoisotopic (exact) mass is 393 g/mol. The molecule has 1 aliphatic rings. The molecule has 1 atom stereocenters. The Kier molecular flexibility index (Phi) is 6.93. The maximum atomic E-state index is 8.00. The van der Waals surface area contributed by atoms with Crippen molar-refractivity contribution in [2.75, 3.05) is 32.0 Å². The lowest BCUT2D eigenvalue weighted by molar-refractivity contribution is 0.223. The lowest BCUT2D eigenvalue weighted by atomic mass is 9.93. The Morgan fingerprint density at radius 2 is 2.10 bits per heavy atom. The van der Waals surface area contributed by atoms with Crippen LogP contribution in [0.15, 0.2) is 36.2 Å². The highest BCUT2D eigenvalue weighted by molar-refractivity contribution is 5.95. The van der Waals surface area contributed by atoms with Gasteiger partial charge in [-0.25, -0.2) is 15.0 Å². The standard InChI is InChI=1S/C22H31N7/c1-15-7-8-25-21(10-15)28-22-11-20(26-17(3)27-22)18-6-5-9-29(13-18)14-19(12-24-4)16(2)23/h7-8,10-12,18,23-24H,5-6,9,13-14H2,1-4H3,(H,25,26,27,28)/b19-12-,23-16?. The Bertz CT molecular complexity index is 890. The molecule has 2 aromatic heterocycles. The molecule has 3 N–H and O–H groups in total. The SMILES string of the molecule is CN/C=C(/CN1CCCC(c2cc(Nc3cc(C)ccn3)nc(C)n2)C1)C(C)=N. The second-order valence-electron chi connectivity index (χ2n) is 7.73. The zero-order chi connectivity index (χ0) is 20.8. The van der Waals surface area contributed by atoms with E-state index in [0.717, 1.165) is 66.8 Å². The van der Waals surface area contributed by atoms with Crippen LogP contribution in [0.3, 0.4) is 0 Å². The Morgan fingerprint density at radius 1 is 1.28 bits per heavy atom. The molecule has 0 aromatic carbocycles. The molecule has 7 heteroatoms. The number of hydrogen-bond acceptors (Lipinski definition) is 7. The fourth-order valence-corrected chi connectivity index (χ4v) is 3.73. The van der Waals surface area contributed by atoms with Crippen molar-refractivity contribution in [3.05, 3.63) is 53.3 Å². The molecular formula is C22H31N7. The van der Waals surface area contributed by atoms with Gasteiger partial charge in [0.05, 0.1) is 5.69 Å². The zero-order valence-electron chi connectivity index (χ0n) is 17.8. The summed E-state index contributed by atoms with van der Waals surface area (Å²) in [7, 11) is 1.88. The van der Waals surface area contributed by atoms with E-state index >= 15 is 0 Å². The third-order valence-electron chi connectivity index (χ3n) is 5.15. The molecule has 154 valence electrons. The normalized spacial score (nSPS) is 17.8. The highest BCUT2D eigenvalue weighted by atomic mass is 15.1. The first-order valence-electron chi connectivity index (χ1n) is 10.1. The molecule has 0 bridgehead atoms. The van der Waals surface area contributed by atoms with Crippen LogP contribution in [-0.2, 0) is 0 Å². The van der Waals surface area contributed by atoms with Crippen molar-refractivity contribution in [3.8, 4) is 0 Å². The summed E-state index contributed by atoms with van der Waals surface area (Å²) in [5.41, 5.74) is 3.86. The van der Waals surface area contributed by atoms with Gasteiger partial charge in [-0.3, -0.25) is 4.90 Å². The smallest absolute Gasteiger partial charge is 0.135 e. The van der Waals surface area contributed by atoms with Crippen LogP contribution in [0.25, 0.3) is 0 Å². The van der Waals surface area contributed by atoms with E-state index in [4.69, 9.17) is 10.4 Å². The minimum absolute atomic E-state index is 0.360. The first-order chi connectivity index (χ1) is 13.9. The van der Waals surface area contributed by atoms with Crippen molar-refractivity contribution in [3.63, 3.8) is 0 Å². The number of nitrogens with one attached hydrogen (secondary N) is 3. The van der Waals surface area contributed by atoms with Gasteiger partial charge in [0.15, 0.2) is 0 Å². The highest BCUT2D eigenvalue weighted by Gasteiger charge is 2.24. The van der Waals surface area contributed by atoms with E-state index in [0.29, 0.717) is 11.6 Å². The molecule has 3 rings (SSSR count). The van der Waals surface area contributed by atoms with Gasteiger partial charge in [0.25, 0.3) is 0 Å². The predicted molar refractivity (Wildman–Crippen MR) is 118 cm³/mol.